The van der Waals surface area contributed by atoms with Crippen molar-refractivity contribution in [3.05, 3.63) is 22.7 Å². The molecule has 0 bridgehead atoms. The number of amides is 1. The first kappa shape index (κ1) is 21.2. The number of halogens is 1. The van der Waals surface area contributed by atoms with Gasteiger partial charge in [0.1, 0.15) is 5.60 Å². The summed E-state index contributed by atoms with van der Waals surface area (Å²) in [7, 11) is 0. The molecule has 0 aliphatic carbocycles. The fourth-order valence-corrected chi connectivity index (χ4v) is 2.05. The Morgan fingerprint density at radius 2 is 1.96 bits per heavy atom. The number of aliphatic carboxylic acids is 1. The Balaban J connectivity index is 0.00000484. The molecule has 1 amide bonds. The number of nitrogens with zero attached hydrogens (tertiary/aromatic N) is 1. The Bertz CT molecular complexity index is 573. The van der Waals surface area contributed by atoms with Gasteiger partial charge >= 0.3 is 12.1 Å². The highest BCUT2D eigenvalue weighted by atomic mass is 79.9. The van der Waals surface area contributed by atoms with Gasteiger partial charge in [0.2, 0.25) is 0 Å². The van der Waals surface area contributed by atoms with Crippen LogP contribution in [0.4, 0.5) is 16.2 Å². The predicted molar refractivity (Wildman–Crippen MR) is 89.4 cm³/mol. The van der Waals surface area contributed by atoms with E-state index in [-0.39, 0.29) is 16.9 Å². The van der Waals surface area contributed by atoms with Crippen LogP contribution in [0, 0.1) is 0 Å². The second kappa shape index (κ2) is 8.14. The van der Waals surface area contributed by atoms with E-state index in [0.29, 0.717) is 4.47 Å². The van der Waals surface area contributed by atoms with Crippen molar-refractivity contribution >= 4 is 39.4 Å². The molecule has 1 aromatic carbocycles. The summed E-state index contributed by atoms with van der Waals surface area (Å²) < 4.78 is 5.83. The van der Waals surface area contributed by atoms with Gasteiger partial charge in [-0.2, -0.15) is 0 Å². The van der Waals surface area contributed by atoms with E-state index in [1.807, 2.05) is 0 Å². The highest BCUT2D eigenvalue weighted by Gasteiger charge is 2.35. The highest BCUT2D eigenvalue weighted by Crippen LogP contribution is 2.30. The highest BCUT2D eigenvalue weighted by molar-refractivity contribution is 9.10. The average molecular weight is 393 g/mol. The number of carbonyl (C=O) groups excluding carboxylic acids is 1. The maximum absolute atomic E-state index is 12.4. The number of carboxylic acid groups (broad SMARTS) is 1. The van der Waals surface area contributed by atoms with Crippen LogP contribution in [0.2, 0.25) is 0 Å². The van der Waals surface area contributed by atoms with Crippen LogP contribution in [0.25, 0.3) is 0 Å². The summed E-state index contributed by atoms with van der Waals surface area (Å²) >= 11 is 3.24. The molecule has 0 spiro atoms. The maximum atomic E-state index is 12.4. The number of benzene rings is 1. The number of carboxylic acids is 1. The van der Waals surface area contributed by atoms with Crippen molar-refractivity contribution in [3.8, 4) is 0 Å². The minimum atomic E-state index is -1.51. The zero-order valence-corrected chi connectivity index (χ0v) is 14.6. The lowest BCUT2D eigenvalue weighted by molar-refractivity contribution is -0.139. The predicted octanol–water partition coefficient (Wildman–Crippen LogP) is 1.39. The number of hydrogen-bond donors (Lipinski definition) is 3. The molecule has 1 rings (SSSR count). The van der Waals surface area contributed by atoms with E-state index in [2.05, 4.69) is 15.9 Å². The quantitative estimate of drug-likeness (QED) is 0.660. The van der Waals surface area contributed by atoms with E-state index in [0.717, 1.165) is 4.90 Å². The Labute approximate surface area is 142 Å². The van der Waals surface area contributed by atoms with Gasteiger partial charge in [0.25, 0.3) is 0 Å². The number of carbonyl (C=O) groups is 2. The van der Waals surface area contributed by atoms with Gasteiger partial charge in [-0.1, -0.05) is 15.9 Å². The summed E-state index contributed by atoms with van der Waals surface area (Å²) in [6, 6.07) is 3.16. The molecule has 0 aromatic heterocycles. The number of nitrogen functional groups attached to an aromatic ring is 1. The summed E-state index contributed by atoms with van der Waals surface area (Å²) in [4.78, 5) is 24.6. The molecule has 130 valence electrons. The number of anilines is 2. The molecule has 9 heteroatoms. The Hall–Kier alpha value is -1.84. The van der Waals surface area contributed by atoms with Crippen molar-refractivity contribution < 1.29 is 30.0 Å². The monoisotopic (exact) mass is 392 g/mol. The molecule has 6 N–H and O–H groups in total. The molecule has 0 saturated heterocycles. The molecule has 0 aliphatic rings. The summed E-state index contributed by atoms with van der Waals surface area (Å²) in [5.41, 5.74) is 5.35. The van der Waals surface area contributed by atoms with Gasteiger partial charge in [0.05, 0.1) is 18.0 Å². The topological polar surface area (TPSA) is 145 Å². The van der Waals surface area contributed by atoms with Crippen molar-refractivity contribution in [2.24, 2.45) is 0 Å². The lowest BCUT2D eigenvalue weighted by Crippen LogP contribution is -2.49. The van der Waals surface area contributed by atoms with Crippen LogP contribution in [0.3, 0.4) is 0 Å². The molecular formula is C14H21BrN2O6. The second-order valence-corrected chi connectivity index (χ2v) is 6.51. The van der Waals surface area contributed by atoms with Gasteiger partial charge in [-0.05, 0) is 39.0 Å². The molecule has 0 saturated carbocycles. The summed E-state index contributed by atoms with van der Waals surface area (Å²) in [5.74, 6) is -1.37. The normalized spacial score (nSPS) is 12.0. The van der Waals surface area contributed by atoms with Crippen molar-refractivity contribution in [2.45, 2.75) is 32.4 Å². The molecule has 0 aliphatic heterocycles. The number of aliphatic hydroxyl groups is 1. The van der Waals surface area contributed by atoms with E-state index in [1.54, 1.807) is 26.8 Å². The van der Waals surface area contributed by atoms with Gasteiger partial charge in [0.15, 0.2) is 6.04 Å². The minimum absolute atomic E-state index is 0. The molecular weight excluding hydrogens is 372 g/mol. The van der Waals surface area contributed by atoms with Gasteiger partial charge in [0, 0.05) is 4.47 Å². The van der Waals surface area contributed by atoms with Gasteiger partial charge < -0.3 is 26.2 Å². The molecule has 8 nitrogen and oxygen atoms in total. The van der Waals surface area contributed by atoms with E-state index in [9.17, 15) is 19.8 Å². The third kappa shape index (κ3) is 5.70. The van der Waals surface area contributed by atoms with Crippen molar-refractivity contribution in [1.82, 2.24) is 0 Å². The number of hydrogen-bond acceptors (Lipinski definition) is 5. The fourth-order valence-electron chi connectivity index (χ4n) is 1.70. The molecule has 0 fully saturated rings. The maximum Gasteiger partial charge on any atom is 0.415 e. The zero-order valence-electron chi connectivity index (χ0n) is 13.0. The van der Waals surface area contributed by atoms with Gasteiger partial charge in [-0.25, -0.2) is 9.59 Å². The Morgan fingerprint density at radius 3 is 2.39 bits per heavy atom. The van der Waals surface area contributed by atoms with Crippen LogP contribution in [-0.2, 0) is 9.53 Å². The summed E-state index contributed by atoms with van der Waals surface area (Å²) in [6.07, 6.45) is -0.904. The van der Waals surface area contributed by atoms with E-state index in [1.165, 1.54) is 12.1 Å². The van der Waals surface area contributed by atoms with Crippen LogP contribution >= 0.6 is 15.9 Å². The molecule has 1 atom stereocenters. The molecule has 1 unspecified atom stereocenters. The SMILES string of the molecule is CC(C)(C)OC(=O)N(c1cc(Br)ccc1N)C(CO)C(=O)O.O. The van der Waals surface area contributed by atoms with E-state index >= 15 is 0 Å². The molecule has 0 heterocycles. The second-order valence-electron chi connectivity index (χ2n) is 5.59. The van der Waals surface area contributed by atoms with Gasteiger partial charge in [-0.3, -0.25) is 4.90 Å². The minimum Gasteiger partial charge on any atom is -0.480 e. The van der Waals surface area contributed by atoms with Crippen molar-refractivity contribution in [2.75, 3.05) is 17.2 Å². The number of nitrogens with two attached hydrogens (primary N) is 1. The third-order valence-electron chi connectivity index (χ3n) is 2.61. The van der Waals surface area contributed by atoms with Crippen molar-refractivity contribution in [3.63, 3.8) is 0 Å². The molecule has 1 aromatic rings. The molecule has 0 radical (unpaired) electrons. The lowest BCUT2D eigenvalue weighted by atomic mass is 10.2. The van der Waals surface area contributed by atoms with Crippen LogP contribution in [0.15, 0.2) is 22.7 Å². The van der Waals surface area contributed by atoms with Crippen LogP contribution in [-0.4, -0.2) is 46.0 Å². The molecule has 23 heavy (non-hydrogen) atoms. The first-order valence-electron chi connectivity index (χ1n) is 6.47. The lowest BCUT2D eigenvalue weighted by Gasteiger charge is -2.31. The van der Waals surface area contributed by atoms with Crippen LogP contribution in [0.5, 0.6) is 0 Å². The van der Waals surface area contributed by atoms with E-state index < -0.39 is 30.3 Å². The van der Waals surface area contributed by atoms with Crippen molar-refractivity contribution in [1.29, 1.82) is 0 Å². The zero-order chi connectivity index (χ0) is 17.1. The standard InChI is InChI=1S/C14H19BrN2O5.H2O/c1-14(2,3)22-13(21)17(11(7-18)12(19)20)10-6-8(15)4-5-9(10)16;/h4-6,11,18H,7,16H2,1-3H3,(H,19,20);1H2. The number of ether oxygens (including phenoxy) is 1. The Kier molecular flexibility index (Phi) is 7.49. The summed E-state index contributed by atoms with van der Waals surface area (Å²) in [6.45, 7) is 4.19. The average Bonchev–Trinajstić information content (AvgIpc) is 2.36. The first-order chi connectivity index (χ1) is 10.1. The third-order valence-corrected chi connectivity index (χ3v) is 3.11. The van der Waals surface area contributed by atoms with E-state index in [4.69, 9.17) is 10.5 Å². The Morgan fingerprint density at radius 1 is 1.39 bits per heavy atom. The first-order valence-corrected chi connectivity index (χ1v) is 7.27. The smallest absolute Gasteiger partial charge is 0.415 e. The number of aliphatic hydroxyl groups excluding tert-OH is 1. The summed E-state index contributed by atoms with van der Waals surface area (Å²) in [5, 5.41) is 18.6. The van der Waals surface area contributed by atoms with Crippen LogP contribution < -0.4 is 10.6 Å². The van der Waals surface area contributed by atoms with Gasteiger partial charge in [-0.15, -0.1) is 0 Å². The van der Waals surface area contributed by atoms with Crippen LogP contribution in [0.1, 0.15) is 20.8 Å². The largest absolute Gasteiger partial charge is 0.480 e. The fraction of sp³-hybridized carbons (Fsp3) is 0.429. The number of rotatable bonds is 4.